The molecule has 1 aliphatic rings. The molecule has 2 atom stereocenters. The summed E-state index contributed by atoms with van der Waals surface area (Å²) in [6, 6.07) is 0. The lowest BCUT2D eigenvalue weighted by atomic mass is 9.80. The molecule has 2 heteroatoms. The summed E-state index contributed by atoms with van der Waals surface area (Å²) in [4.78, 5) is 0. The highest BCUT2D eigenvalue weighted by molar-refractivity contribution is 5.12. The Morgan fingerprint density at radius 3 is 2.75 bits per heavy atom. The first-order valence-electron chi connectivity index (χ1n) is 4.57. The molecule has 12 heavy (non-hydrogen) atoms. The largest absolute Gasteiger partial charge is 0.385 e. The molecule has 1 saturated heterocycles. The van der Waals surface area contributed by atoms with Gasteiger partial charge in [0.15, 0.2) is 0 Å². The van der Waals surface area contributed by atoms with Crippen molar-refractivity contribution >= 4 is 0 Å². The first-order valence-corrected chi connectivity index (χ1v) is 4.57. The zero-order chi connectivity index (χ0) is 9.19. The van der Waals surface area contributed by atoms with Gasteiger partial charge in [0.25, 0.3) is 0 Å². The van der Waals surface area contributed by atoms with Crippen molar-refractivity contribution in [2.24, 2.45) is 5.92 Å². The highest BCUT2D eigenvalue weighted by Crippen LogP contribution is 2.33. The molecule has 2 nitrogen and oxygen atoms in total. The molecular weight excluding hydrogens is 152 g/mol. The van der Waals surface area contributed by atoms with E-state index in [9.17, 15) is 5.11 Å². The summed E-state index contributed by atoms with van der Waals surface area (Å²) in [5.74, 6) is 0.250. The number of aliphatic hydroxyl groups is 1. The third-order valence-electron chi connectivity index (χ3n) is 2.88. The second kappa shape index (κ2) is 3.58. The maximum atomic E-state index is 10.2. The highest BCUT2D eigenvalue weighted by Gasteiger charge is 2.37. The molecule has 0 bridgehead atoms. The minimum atomic E-state index is -0.698. The lowest BCUT2D eigenvalue weighted by Gasteiger charge is -2.32. The van der Waals surface area contributed by atoms with Crippen molar-refractivity contribution in [1.29, 1.82) is 0 Å². The molecule has 0 spiro atoms. The van der Waals surface area contributed by atoms with Gasteiger partial charge in [-0.05, 0) is 25.3 Å². The molecule has 1 N–H and O–H groups in total. The van der Waals surface area contributed by atoms with E-state index >= 15 is 0 Å². The average Bonchev–Trinajstić information content (AvgIpc) is 2.54. The van der Waals surface area contributed by atoms with E-state index in [1.165, 1.54) is 0 Å². The second-order valence-corrected chi connectivity index (χ2v) is 3.62. The average molecular weight is 170 g/mol. The van der Waals surface area contributed by atoms with E-state index in [4.69, 9.17) is 4.74 Å². The van der Waals surface area contributed by atoms with Crippen LogP contribution < -0.4 is 0 Å². The zero-order valence-electron chi connectivity index (χ0n) is 7.97. The minimum absolute atomic E-state index is 0.250. The van der Waals surface area contributed by atoms with E-state index in [0.29, 0.717) is 6.61 Å². The van der Waals surface area contributed by atoms with Gasteiger partial charge in [-0.25, -0.2) is 0 Å². The summed E-state index contributed by atoms with van der Waals surface area (Å²) in [6.07, 6.45) is 1.69. The van der Waals surface area contributed by atoms with Crippen LogP contribution in [-0.4, -0.2) is 23.9 Å². The van der Waals surface area contributed by atoms with Crippen LogP contribution >= 0.6 is 0 Å². The molecule has 2 unspecified atom stereocenters. The van der Waals surface area contributed by atoms with Crippen LogP contribution in [0.1, 0.15) is 26.7 Å². The fourth-order valence-corrected chi connectivity index (χ4v) is 1.85. The first kappa shape index (κ1) is 9.75. The molecule has 0 radical (unpaired) electrons. The smallest absolute Gasteiger partial charge is 0.0899 e. The van der Waals surface area contributed by atoms with Crippen molar-refractivity contribution in [3.63, 3.8) is 0 Å². The molecule has 0 amide bonds. The van der Waals surface area contributed by atoms with Gasteiger partial charge in [-0.3, -0.25) is 0 Å². The second-order valence-electron chi connectivity index (χ2n) is 3.62. The van der Waals surface area contributed by atoms with Gasteiger partial charge in [-0.1, -0.05) is 13.5 Å². The Hall–Kier alpha value is -0.340. The van der Waals surface area contributed by atoms with Gasteiger partial charge >= 0.3 is 0 Å². The maximum Gasteiger partial charge on any atom is 0.0899 e. The maximum absolute atomic E-state index is 10.2. The molecule has 1 rings (SSSR count). The third kappa shape index (κ3) is 1.54. The monoisotopic (exact) mass is 170 g/mol. The van der Waals surface area contributed by atoms with E-state index in [1.54, 1.807) is 0 Å². The minimum Gasteiger partial charge on any atom is -0.385 e. The summed E-state index contributed by atoms with van der Waals surface area (Å²) in [7, 11) is 0. The molecule has 1 fully saturated rings. The van der Waals surface area contributed by atoms with Crippen molar-refractivity contribution in [1.82, 2.24) is 0 Å². The number of hydrogen-bond acceptors (Lipinski definition) is 2. The molecule has 0 saturated carbocycles. The summed E-state index contributed by atoms with van der Waals surface area (Å²) < 4.78 is 5.25. The van der Waals surface area contributed by atoms with E-state index < -0.39 is 5.60 Å². The van der Waals surface area contributed by atoms with Crippen LogP contribution in [0.5, 0.6) is 0 Å². The molecule has 0 aliphatic carbocycles. The zero-order valence-corrected chi connectivity index (χ0v) is 7.97. The van der Waals surface area contributed by atoms with Gasteiger partial charge in [-0.2, -0.15) is 0 Å². The standard InChI is InChI=1S/C10H18O2/c1-4-10(11,8(2)3)9-5-6-12-7-9/h9,11H,2,4-7H2,1,3H3. The molecule has 70 valence electrons. The summed E-state index contributed by atoms with van der Waals surface area (Å²) in [6.45, 7) is 9.18. The normalized spacial score (nSPS) is 28.4. The lowest BCUT2D eigenvalue weighted by Crippen LogP contribution is -2.38. The molecule has 0 aromatic carbocycles. The van der Waals surface area contributed by atoms with Crippen LogP contribution in [0.15, 0.2) is 12.2 Å². The predicted molar refractivity (Wildman–Crippen MR) is 49.0 cm³/mol. The molecule has 0 aromatic heterocycles. The Morgan fingerprint density at radius 1 is 1.75 bits per heavy atom. The van der Waals surface area contributed by atoms with Crippen molar-refractivity contribution in [3.05, 3.63) is 12.2 Å². The van der Waals surface area contributed by atoms with E-state index in [1.807, 2.05) is 13.8 Å². The fourth-order valence-electron chi connectivity index (χ4n) is 1.85. The van der Waals surface area contributed by atoms with Crippen LogP contribution in [0.2, 0.25) is 0 Å². The molecular formula is C10H18O2. The van der Waals surface area contributed by atoms with E-state index in [0.717, 1.165) is 25.0 Å². The molecule has 0 aromatic rings. The van der Waals surface area contributed by atoms with Crippen molar-refractivity contribution < 1.29 is 9.84 Å². The quantitative estimate of drug-likeness (QED) is 0.654. The van der Waals surface area contributed by atoms with Crippen molar-refractivity contribution in [2.75, 3.05) is 13.2 Å². The SMILES string of the molecule is C=C(C)C(O)(CC)C1CCOC1. The number of hydrogen-bond donors (Lipinski definition) is 1. The van der Waals surface area contributed by atoms with E-state index in [2.05, 4.69) is 6.58 Å². The number of rotatable bonds is 3. The van der Waals surface area contributed by atoms with Crippen LogP contribution in [0.25, 0.3) is 0 Å². The van der Waals surface area contributed by atoms with Crippen molar-refractivity contribution in [3.8, 4) is 0 Å². The van der Waals surface area contributed by atoms with E-state index in [-0.39, 0.29) is 5.92 Å². The fraction of sp³-hybridized carbons (Fsp3) is 0.800. The number of ether oxygens (including phenoxy) is 1. The van der Waals surface area contributed by atoms with Gasteiger partial charge in [-0.15, -0.1) is 0 Å². The van der Waals surface area contributed by atoms with Gasteiger partial charge in [0.05, 0.1) is 12.2 Å². The van der Waals surface area contributed by atoms with Crippen LogP contribution in [-0.2, 0) is 4.74 Å². The topological polar surface area (TPSA) is 29.5 Å². The van der Waals surface area contributed by atoms with Crippen LogP contribution in [0, 0.1) is 5.92 Å². The Bertz CT molecular complexity index is 171. The first-order chi connectivity index (χ1) is 5.61. The van der Waals surface area contributed by atoms with Crippen molar-refractivity contribution in [2.45, 2.75) is 32.3 Å². The van der Waals surface area contributed by atoms with Crippen LogP contribution in [0.4, 0.5) is 0 Å². The Labute approximate surface area is 74.2 Å². The molecule has 1 heterocycles. The van der Waals surface area contributed by atoms with Crippen LogP contribution in [0.3, 0.4) is 0 Å². The predicted octanol–water partition coefficient (Wildman–Crippen LogP) is 1.74. The molecule has 1 aliphatic heterocycles. The third-order valence-corrected chi connectivity index (χ3v) is 2.88. The Morgan fingerprint density at radius 2 is 2.42 bits per heavy atom. The summed E-state index contributed by atoms with van der Waals surface area (Å²) in [5, 5.41) is 10.2. The van der Waals surface area contributed by atoms with Gasteiger partial charge in [0.2, 0.25) is 0 Å². The summed E-state index contributed by atoms with van der Waals surface area (Å²) in [5.41, 5.74) is 0.164. The Balaban J connectivity index is 2.70. The van der Waals surface area contributed by atoms with Gasteiger partial charge in [0, 0.05) is 12.5 Å². The van der Waals surface area contributed by atoms with Gasteiger partial charge < -0.3 is 9.84 Å². The summed E-state index contributed by atoms with van der Waals surface area (Å²) >= 11 is 0. The lowest BCUT2D eigenvalue weighted by molar-refractivity contribution is 0.00848. The Kier molecular flexibility index (Phi) is 2.91. The highest BCUT2D eigenvalue weighted by atomic mass is 16.5. The van der Waals surface area contributed by atoms with Gasteiger partial charge in [0.1, 0.15) is 0 Å².